The van der Waals surface area contributed by atoms with Crippen molar-refractivity contribution in [1.29, 1.82) is 0 Å². The number of rotatable bonds is 5. The van der Waals surface area contributed by atoms with E-state index in [0.29, 0.717) is 17.6 Å². The van der Waals surface area contributed by atoms with Crippen LogP contribution in [0.3, 0.4) is 0 Å². The molecule has 0 spiro atoms. The Kier molecular flexibility index (Phi) is 5.31. The Balaban J connectivity index is 1.98. The van der Waals surface area contributed by atoms with Crippen LogP contribution in [0, 0.1) is 0 Å². The minimum atomic E-state index is -0.186. The van der Waals surface area contributed by atoms with Crippen LogP contribution >= 0.6 is 11.3 Å². The molecule has 1 atom stereocenters. The van der Waals surface area contributed by atoms with Crippen molar-refractivity contribution in [2.45, 2.75) is 51.5 Å². The molecule has 0 aromatic carbocycles. The van der Waals surface area contributed by atoms with E-state index in [1.54, 1.807) is 4.90 Å². The first-order valence-corrected chi connectivity index (χ1v) is 8.03. The van der Waals surface area contributed by atoms with Crippen molar-refractivity contribution in [3.63, 3.8) is 0 Å². The summed E-state index contributed by atoms with van der Waals surface area (Å²) in [6.07, 6.45) is 3.85. The Labute approximate surface area is 123 Å². The molecular formula is C13H22N4O2S. The van der Waals surface area contributed by atoms with Crippen LogP contribution in [0.15, 0.2) is 0 Å². The number of nitrogens with one attached hydrogen (secondary N) is 1. The van der Waals surface area contributed by atoms with Crippen LogP contribution in [0.5, 0.6) is 0 Å². The second-order valence-electron chi connectivity index (χ2n) is 5.06. The lowest BCUT2D eigenvalue weighted by Gasteiger charge is -2.22. The lowest BCUT2D eigenvalue weighted by Crippen LogP contribution is -2.40. The Bertz CT molecular complexity index is 447. The van der Waals surface area contributed by atoms with Crippen molar-refractivity contribution in [3.8, 4) is 0 Å². The highest BCUT2D eigenvalue weighted by Crippen LogP contribution is 2.28. The van der Waals surface area contributed by atoms with Gasteiger partial charge >= 0.3 is 6.03 Å². The highest BCUT2D eigenvalue weighted by Gasteiger charge is 2.28. The van der Waals surface area contributed by atoms with Gasteiger partial charge in [-0.15, -0.1) is 10.2 Å². The summed E-state index contributed by atoms with van der Waals surface area (Å²) in [6, 6.07) is -0.254. The molecule has 7 heteroatoms. The van der Waals surface area contributed by atoms with Gasteiger partial charge in [0, 0.05) is 12.5 Å². The molecule has 1 aromatic rings. The summed E-state index contributed by atoms with van der Waals surface area (Å²) in [7, 11) is 0. The molecule has 1 aromatic heterocycles. The smallest absolute Gasteiger partial charge is 0.324 e. The van der Waals surface area contributed by atoms with E-state index in [0.717, 1.165) is 30.7 Å². The minimum absolute atomic E-state index is 0.0164. The number of amides is 2. The molecule has 1 fully saturated rings. The Hall–Kier alpha value is -1.21. The normalized spacial score (nSPS) is 18.8. The monoisotopic (exact) mass is 298 g/mol. The van der Waals surface area contributed by atoms with Crippen molar-refractivity contribution in [1.82, 2.24) is 15.1 Å². The predicted octanol–water partition coefficient (Wildman–Crippen LogP) is 2.43. The van der Waals surface area contributed by atoms with E-state index in [2.05, 4.69) is 29.4 Å². The summed E-state index contributed by atoms with van der Waals surface area (Å²) in [5.41, 5.74) is 0. The first-order valence-electron chi connectivity index (χ1n) is 7.21. The third-order valence-corrected chi connectivity index (χ3v) is 4.84. The molecular weight excluding hydrogens is 276 g/mol. The standard InChI is InChI=1S/C13H22N4O2S/c1-3-9(4-2)11-15-16-12(20-11)14-13(19)17-7-5-6-10(17)8-18/h9-10,18H,3-8H2,1-2H3,(H,14,16,19)/t10-/m0/s1. The van der Waals surface area contributed by atoms with Crippen molar-refractivity contribution >= 4 is 22.5 Å². The summed E-state index contributed by atoms with van der Waals surface area (Å²) < 4.78 is 0. The summed E-state index contributed by atoms with van der Waals surface area (Å²) in [4.78, 5) is 13.8. The van der Waals surface area contributed by atoms with Gasteiger partial charge in [0.25, 0.3) is 0 Å². The topological polar surface area (TPSA) is 78.4 Å². The fourth-order valence-corrected chi connectivity index (χ4v) is 3.54. The van der Waals surface area contributed by atoms with Gasteiger partial charge < -0.3 is 10.0 Å². The summed E-state index contributed by atoms with van der Waals surface area (Å²) in [6.45, 7) is 4.96. The Morgan fingerprint density at radius 3 is 2.90 bits per heavy atom. The zero-order valence-electron chi connectivity index (χ0n) is 12.0. The molecule has 0 aliphatic carbocycles. The van der Waals surface area contributed by atoms with E-state index in [4.69, 9.17) is 0 Å². The highest BCUT2D eigenvalue weighted by atomic mass is 32.1. The van der Waals surface area contributed by atoms with Gasteiger partial charge in [0.15, 0.2) is 0 Å². The molecule has 2 N–H and O–H groups in total. The molecule has 2 rings (SSSR count). The second-order valence-corrected chi connectivity index (χ2v) is 6.07. The molecule has 0 unspecified atom stereocenters. The third-order valence-electron chi connectivity index (χ3n) is 3.84. The van der Waals surface area contributed by atoms with Crippen LogP contribution in [0.1, 0.15) is 50.5 Å². The van der Waals surface area contributed by atoms with E-state index in [1.165, 1.54) is 11.3 Å². The van der Waals surface area contributed by atoms with Gasteiger partial charge in [-0.2, -0.15) is 0 Å². The van der Waals surface area contributed by atoms with Gasteiger partial charge in [0.05, 0.1) is 12.6 Å². The van der Waals surface area contributed by atoms with Gasteiger partial charge in [-0.3, -0.25) is 5.32 Å². The number of hydrogen-bond donors (Lipinski definition) is 2. The number of aromatic nitrogens is 2. The zero-order valence-corrected chi connectivity index (χ0v) is 12.8. The molecule has 1 aliphatic heterocycles. The molecule has 1 saturated heterocycles. The number of carbonyl (C=O) groups is 1. The number of aliphatic hydroxyl groups excluding tert-OH is 1. The highest BCUT2D eigenvalue weighted by molar-refractivity contribution is 7.15. The van der Waals surface area contributed by atoms with Crippen LogP contribution < -0.4 is 5.32 Å². The lowest BCUT2D eigenvalue weighted by atomic mass is 10.1. The quantitative estimate of drug-likeness (QED) is 0.875. The lowest BCUT2D eigenvalue weighted by molar-refractivity contribution is 0.166. The molecule has 2 amide bonds. The van der Waals surface area contributed by atoms with Gasteiger partial charge in [-0.25, -0.2) is 4.79 Å². The fraction of sp³-hybridized carbons (Fsp3) is 0.769. The maximum atomic E-state index is 12.1. The Morgan fingerprint density at radius 1 is 1.50 bits per heavy atom. The summed E-state index contributed by atoms with van der Waals surface area (Å²) in [5.74, 6) is 0.412. The number of hydrogen-bond acceptors (Lipinski definition) is 5. The zero-order chi connectivity index (χ0) is 14.5. The molecule has 0 radical (unpaired) electrons. The van der Waals surface area contributed by atoms with Crippen molar-refractivity contribution in [2.24, 2.45) is 0 Å². The number of aliphatic hydroxyl groups is 1. The molecule has 0 bridgehead atoms. The van der Waals surface area contributed by atoms with Gasteiger partial charge in [-0.05, 0) is 25.7 Å². The predicted molar refractivity (Wildman–Crippen MR) is 79.1 cm³/mol. The average molecular weight is 298 g/mol. The molecule has 20 heavy (non-hydrogen) atoms. The molecule has 2 heterocycles. The molecule has 1 aliphatic rings. The van der Waals surface area contributed by atoms with Gasteiger partial charge in [-0.1, -0.05) is 25.2 Å². The number of nitrogens with zero attached hydrogens (tertiary/aromatic N) is 3. The van der Waals surface area contributed by atoms with Crippen LogP contribution in [0.25, 0.3) is 0 Å². The summed E-state index contributed by atoms with van der Waals surface area (Å²) in [5, 5.41) is 21.8. The number of carbonyl (C=O) groups excluding carboxylic acids is 1. The van der Waals surface area contributed by atoms with E-state index in [9.17, 15) is 9.90 Å². The number of urea groups is 1. The molecule has 6 nitrogen and oxygen atoms in total. The average Bonchev–Trinajstić information content (AvgIpc) is 3.09. The first kappa shape index (κ1) is 15.2. The Morgan fingerprint density at radius 2 is 2.25 bits per heavy atom. The van der Waals surface area contributed by atoms with E-state index in [-0.39, 0.29) is 18.7 Å². The fourth-order valence-electron chi connectivity index (χ4n) is 2.54. The van der Waals surface area contributed by atoms with E-state index < -0.39 is 0 Å². The van der Waals surface area contributed by atoms with Gasteiger partial charge in [0.1, 0.15) is 5.01 Å². The van der Waals surface area contributed by atoms with Crippen molar-refractivity contribution < 1.29 is 9.90 Å². The van der Waals surface area contributed by atoms with Crippen molar-refractivity contribution in [3.05, 3.63) is 5.01 Å². The van der Waals surface area contributed by atoms with Crippen LogP contribution in [-0.2, 0) is 0 Å². The van der Waals surface area contributed by atoms with E-state index in [1.807, 2.05) is 0 Å². The number of anilines is 1. The minimum Gasteiger partial charge on any atom is -0.394 e. The largest absolute Gasteiger partial charge is 0.394 e. The summed E-state index contributed by atoms with van der Waals surface area (Å²) >= 11 is 1.44. The van der Waals surface area contributed by atoms with Crippen LogP contribution in [0.2, 0.25) is 0 Å². The SMILES string of the molecule is CCC(CC)c1nnc(NC(=O)N2CCC[C@H]2CO)s1. The maximum absolute atomic E-state index is 12.1. The van der Waals surface area contributed by atoms with Crippen molar-refractivity contribution in [2.75, 3.05) is 18.5 Å². The maximum Gasteiger partial charge on any atom is 0.324 e. The molecule has 112 valence electrons. The van der Waals surface area contributed by atoms with Crippen LogP contribution in [-0.4, -0.2) is 45.4 Å². The van der Waals surface area contributed by atoms with Gasteiger partial charge in [0.2, 0.25) is 5.13 Å². The molecule has 0 saturated carbocycles. The third kappa shape index (κ3) is 3.27. The van der Waals surface area contributed by atoms with E-state index >= 15 is 0 Å². The van der Waals surface area contributed by atoms with Crippen LogP contribution in [0.4, 0.5) is 9.93 Å². The first-order chi connectivity index (χ1) is 9.69. The second kappa shape index (κ2) is 6.99. The number of likely N-dealkylation sites (tertiary alicyclic amines) is 1.